The lowest BCUT2D eigenvalue weighted by atomic mass is 10.2. The molecule has 1 saturated heterocycles. The zero-order valence-electron chi connectivity index (χ0n) is 17.9. The third kappa shape index (κ3) is 4.55. The summed E-state index contributed by atoms with van der Waals surface area (Å²) >= 11 is 6.15. The van der Waals surface area contributed by atoms with Crippen LogP contribution in [-0.4, -0.2) is 40.8 Å². The maximum atomic E-state index is 13.2. The Labute approximate surface area is 196 Å². The Morgan fingerprint density at radius 2 is 1.64 bits per heavy atom. The van der Waals surface area contributed by atoms with Crippen LogP contribution < -0.4 is 4.90 Å². The summed E-state index contributed by atoms with van der Waals surface area (Å²) in [6, 6.07) is 21.4. The highest BCUT2D eigenvalue weighted by atomic mass is 35.5. The second-order valence-electron chi connectivity index (χ2n) is 8.02. The first-order chi connectivity index (χ1) is 16.1. The molecule has 1 aliphatic rings. The van der Waals surface area contributed by atoms with Gasteiger partial charge in [-0.2, -0.15) is 5.11 Å². The van der Waals surface area contributed by atoms with Crippen molar-refractivity contribution in [1.82, 2.24) is 9.47 Å². The van der Waals surface area contributed by atoms with Crippen LogP contribution in [0.25, 0.3) is 10.9 Å². The molecule has 5 rings (SSSR count). The third-order valence-corrected chi connectivity index (χ3v) is 6.13. The van der Waals surface area contributed by atoms with Crippen LogP contribution in [0.4, 0.5) is 21.5 Å². The fourth-order valence-corrected chi connectivity index (χ4v) is 4.33. The molecule has 0 unspecified atom stereocenters. The van der Waals surface area contributed by atoms with Crippen LogP contribution in [0.3, 0.4) is 0 Å². The Bertz CT molecular complexity index is 1300. The molecular formula is C25H23ClFN5O. The van der Waals surface area contributed by atoms with E-state index in [0.717, 1.165) is 47.8 Å². The van der Waals surface area contributed by atoms with Gasteiger partial charge in [-0.3, -0.25) is 9.47 Å². The molecule has 0 atom stereocenters. The maximum Gasteiger partial charge on any atom is 0.221 e. The van der Waals surface area contributed by atoms with Gasteiger partial charge in [-0.25, -0.2) is 4.39 Å². The van der Waals surface area contributed by atoms with Gasteiger partial charge < -0.3 is 10.0 Å². The first-order valence-corrected chi connectivity index (χ1v) is 11.2. The number of piperazine rings is 1. The molecule has 0 amide bonds. The smallest absolute Gasteiger partial charge is 0.221 e. The Kier molecular flexibility index (Phi) is 5.98. The van der Waals surface area contributed by atoms with Crippen molar-refractivity contribution in [2.45, 2.75) is 6.67 Å². The summed E-state index contributed by atoms with van der Waals surface area (Å²) in [7, 11) is 0. The van der Waals surface area contributed by atoms with Crippen LogP contribution in [0.5, 0.6) is 5.88 Å². The number of anilines is 1. The van der Waals surface area contributed by atoms with Gasteiger partial charge in [0.25, 0.3) is 0 Å². The SMILES string of the molecule is Oc1c(N=Nc2ccc(F)cc2)c2ccccc2n1CN1CCN(c2cccc(Cl)c2)CC1. The molecule has 0 saturated carbocycles. The molecule has 168 valence electrons. The summed E-state index contributed by atoms with van der Waals surface area (Å²) < 4.78 is 15.0. The van der Waals surface area contributed by atoms with E-state index in [-0.39, 0.29) is 11.7 Å². The van der Waals surface area contributed by atoms with Crippen molar-refractivity contribution in [3.05, 3.63) is 83.6 Å². The van der Waals surface area contributed by atoms with E-state index in [1.54, 1.807) is 12.1 Å². The summed E-state index contributed by atoms with van der Waals surface area (Å²) in [6.45, 7) is 3.99. The van der Waals surface area contributed by atoms with Crippen LogP contribution in [0.2, 0.25) is 5.02 Å². The first kappa shape index (κ1) is 21.4. The average molecular weight is 464 g/mol. The van der Waals surface area contributed by atoms with Crippen molar-refractivity contribution >= 4 is 39.6 Å². The second kappa shape index (κ2) is 9.21. The number of hydrogen-bond acceptors (Lipinski definition) is 5. The molecule has 3 aromatic carbocycles. The minimum absolute atomic E-state index is 0.0688. The molecule has 1 aliphatic heterocycles. The van der Waals surface area contributed by atoms with Crippen LogP contribution in [0, 0.1) is 5.82 Å². The highest BCUT2D eigenvalue weighted by Crippen LogP contribution is 2.39. The molecule has 2 heterocycles. The quantitative estimate of drug-likeness (QED) is 0.351. The van der Waals surface area contributed by atoms with Gasteiger partial charge in [-0.05, 0) is 48.5 Å². The Morgan fingerprint density at radius 3 is 2.39 bits per heavy atom. The Balaban J connectivity index is 1.36. The standard InChI is InChI=1S/C25H23ClFN5O/c26-18-4-3-5-21(16-18)31-14-12-30(13-15-31)17-32-23-7-2-1-6-22(23)24(25(32)33)29-28-20-10-8-19(27)9-11-20/h1-11,16,33H,12-15,17H2. The van der Waals surface area contributed by atoms with Crippen molar-refractivity contribution in [1.29, 1.82) is 0 Å². The molecule has 0 spiro atoms. The lowest BCUT2D eigenvalue weighted by Crippen LogP contribution is -2.46. The summed E-state index contributed by atoms with van der Waals surface area (Å²) in [6.07, 6.45) is 0. The van der Waals surface area contributed by atoms with E-state index in [1.165, 1.54) is 12.1 Å². The number of hydrogen-bond donors (Lipinski definition) is 1. The van der Waals surface area contributed by atoms with Crippen molar-refractivity contribution in [3.63, 3.8) is 0 Å². The summed E-state index contributed by atoms with van der Waals surface area (Å²) in [5, 5.41) is 21.1. The number of aromatic nitrogens is 1. The monoisotopic (exact) mass is 463 g/mol. The van der Waals surface area contributed by atoms with Crippen molar-refractivity contribution < 1.29 is 9.50 Å². The van der Waals surface area contributed by atoms with Crippen molar-refractivity contribution in [3.8, 4) is 5.88 Å². The zero-order chi connectivity index (χ0) is 22.8. The predicted molar refractivity (Wildman–Crippen MR) is 129 cm³/mol. The van der Waals surface area contributed by atoms with E-state index in [9.17, 15) is 9.50 Å². The lowest BCUT2D eigenvalue weighted by molar-refractivity contribution is 0.200. The summed E-state index contributed by atoms with van der Waals surface area (Å²) in [5.41, 5.74) is 2.94. The fraction of sp³-hybridized carbons (Fsp3) is 0.200. The number of para-hydroxylation sites is 1. The third-order valence-electron chi connectivity index (χ3n) is 5.90. The number of rotatable bonds is 5. The molecule has 33 heavy (non-hydrogen) atoms. The maximum absolute atomic E-state index is 13.2. The minimum Gasteiger partial charge on any atom is -0.493 e. The fourth-order valence-electron chi connectivity index (χ4n) is 4.15. The lowest BCUT2D eigenvalue weighted by Gasteiger charge is -2.36. The number of nitrogens with zero attached hydrogens (tertiary/aromatic N) is 5. The van der Waals surface area contributed by atoms with Gasteiger partial charge in [-0.15, -0.1) is 5.11 Å². The van der Waals surface area contributed by atoms with E-state index in [2.05, 4.69) is 26.1 Å². The van der Waals surface area contributed by atoms with E-state index in [4.69, 9.17) is 11.6 Å². The minimum atomic E-state index is -0.330. The molecule has 8 heteroatoms. The van der Waals surface area contributed by atoms with Crippen molar-refractivity contribution in [2.24, 2.45) is 10.2 Å². The van der Waals surface area contributed by atoms with Gasteiger partial charge in [0.2, 0.25) is 5.88 Å². The number of benzene rings is 3. The van der Waals surface area contributed by atoms with Crippen LogP contribution in [-0.2, 0) is 6.67 Å². The molecule has 0 radical (unpaired) electrons. The van der Waals surface area contributed by atoms with E-state index in [1.807, 2.05) is 47.0 Å². The summed E-state index contributed by atoms with van der Waals surface area (Å²) in [5.74, 6) is -0.261. The summed E-state index contributed by atoms with van der Waals surface area (Å²) in [4.78, 5) is 4.62. The highest BCUT2D eigenvalue weighted by molar-refractivity contribution is 6.30. The number of halogens is 2. The van der Waals surface area contributed by atoms with E-state index >= 15 is 0 Å². The molecule has 1 fully saturated rings. The average Bonchev–Trinajstić information content (AvgIpc) is 3.10. The van der Waals surface area contributed by atoms with Gasteiger partial charge in [0, 0.05) is 42.3 Å². The molecule has 6 nitrogen and oxygen atoms in total. The molecule has 0 aliphatic carbocycles. The largest absolute Gasteiger partial charge is 0.493 e. The van der Waals surface area contributed by atoms with Gasteiger partial charge in [-0.1, -0.05) is 35.9 Å². The van der Waals surface area contributed by atoms with Gasteiger partial charge in [0.1, 0.15) is 5.82 Å². The van der Waals surface area contributed by atoms with Crippen LogP contribution in [0.15, 0.2) is 83.0 Å². The van der Waals surface area contributed by atoms with Gasteiger partial charge >= 0.3 is 0 Å². The van der Waals surface area contributed by atoms with Gasteiger partial charge in [0.15, 0.2) is 5.69 Å². The zero-order valence-corrected chi connectivity index (χ0v) is 18.7. The number of aromatic hydroxyl groups is 1. The van der Waals surface area contributed by atoms with E-state index in [0.29, 0.717) is 18.0 Å². The predicted octanol–water partition coefficient (Wildman–Crippen LogP) is 6.33. The highest BCUT2D eigenvalue weighted by Gasteiger charge is 2.22. The van der Waals surface area contributed by atoms with Crippen LogP contribution in [0.1, 0.15) is 0 Å². The number of azo groups is 1. The molecule has 1 N–H and O–H groups in total. The molecular weight excluding hydrogens is 441 g/mol. The molecule has 4 aromatic rings. The topological polar surface area (TPSA) is 56.4 Å². The molecule has 1 aromatic heterocycles. The Morgan fingerprint density at radius 1 is 0.879 bits per heavy atom. The first-order valence-electron chi connectivity index (χ1n) is 10.8. The Hall–Kier alpha value is -3.42. The van der Waals surface area contributed by atoms with Crippen LogP contribution >= 0.6 is 11.6 Å². The number of fused-ring (bicyclic) bond motifs is 1. The second-order valence-corrected chi connectivity index (χ2v) is 8.46. The van der Waals surface area contributed by atoms with E-state index < -0.39 is 0 Å². The molecule has 0 bridgehead atoms. The van der Waals surface area contributed by atoms with Gasteiger partial charge in [0.05, 0.1) is 17.9 Å². The van der Waals surface area contributed by atoms with Crippen molar-refractivity contribution in [2.75, 3.05) is 31.1 Å². The normalized spacial score (nSPS) is 15.0.